The number of amides is 3. The normalized spacial score (nSPS) is 21.2. The van der Waals surface area contributed by atoms with Gasteiger partial charge in [0.2, 0.25) is 0 Å². The first-order valence-corrected chi connectivity index (χ1v) is 11.2. The lowest BCUT2D eigenvalue weighted by Gasteiger charge is -2.44. The first kappa shape index (κ1) is 21.5. The summed E-state index contributed by atoms with van der Waals surface area (Å²) >= 11 is 0. The monoisotopic (exact) mass is 401 g/mol. The highest BCUT2D eigenvalue weighted by Gasteiger charge is 2.36. The van der Waals surface area contributed by atoms with Crippen molar-refractivity contribution in [2.45, 2.75) is 70.8 Å². The van der Waals surface area contributed by atoms with Gasteiger partial charge >= 0.3 is 6.03 Å². The van der Waals surface area contributed by atoms with E-state index in [0.29, 0.717) is 35.5 Å². The second kappa shape index (κ2) is 10.5. The zero-order chi connectivity index (χ0) is 20.6. The molecule has 1 saturated heterocycles. The van der Waals surface area contributed by atoms with Crippen LogP contribution < -0.4 is 15.4 Å². The third kappa shape index (κ3) is 5.43. The number of unbranched alkanes of at least 4 members (excludes halogenated alkanes) is 2. The van der Waals surface area contributed by atoms with Gasteiger partial charge in [-0.25, -0.2) is 4.79 Å². The molecule has 1 aromatic rings. The molecule has 29 heavy (non-hydrogen) atoms. The Labute approximate surface area is 174 Å². The zero-order valence-electron chi connectivity index (χ0n) is 17.8. The molecule has 1 heterocycles. The lowest BCUT2D eigenvalue weighted by Crippen LogP contribution is -2.49. The number of nitrogens with zero attached hydrogens (tertiary/aromatic N) is 1. The number of hydrogen-bond donors (Lipinski definition) is 2. The van der Waals surface area contributed by atoms with Crippen LogP contribution in [-0.4, -0.2) is 43.1 Å². The predicted molar refractivity (Wildman–Crippen MR) is 116 cm³/mol. The van der Waals surface area contributed by atoms with Crippen molar-refractivity contribution in [3.8, 4) is 5.75 Å². The molecular formula is C23H35N3O3. The average molecular weight is 402 g/mol. The Morgan fingerprint density at radius 3 is 2.72 bits per heavy atom. The van der Waals surface area contributed by atoms with Crippen LogP contribution in [0.2, 0.25) is 0 Å². The minimum atomic E-state index is -0.233. The molecule has 3 amide bonds. The third-order valence-electron chi connectivity index (χ3n) is 6.26. The van der Waals surface area contributed by atoms with Gasteiger partial charge in [-0.15, -0.1) is 0 Å². The molecule has 2 fully saturated rings. The van der Waals surface area contributed by atoms with Gasteiger partial charge in [-0.1, -0.05) is 32.6 Å². The van der Waals surface area contributed by atoms with Crippen LogP contribution in [0.3, 0.4) is 0 Å². The molecule has 160 valence electrons. The van der Waals surface area contributed by atoms with Gasteiger partial charge in [0.1, 0.15) is 5.75 Å². The van der Waals surface area contributed by atoms with Gasteiger partial charge in [-0.2, -0.15) is 0 Å². The molecule has 1 aliphatic heterocycles. The Kier molecular flexibility index (Phi) is 7.78. The van der Waals surface area contributed by atoms with Crippen molar-refractivity contribution in [3.63, 3.8) is 0 Å². The lowest BCUT2D eigenvalue weighted by molar-refractivity contribution is 0.0388. The minimum absolute atomic E-state index is 0.0500. The van der Waals surface area contributed by atoms with Crippen molar-refractivity contribution in [2.24, 2.45) is 5.92 Å². The van der Waals surface area contributed by atoms with E-state index in [-0.39, 0.29) is 11.9 Å². The molecule has 3 rings (SSSR count). The van der Waals surface area contributed by atoms with Crippen molar-refractivity contribution >= 4 is 17.6 Å². The van der Waals surface area contributed by atoms with Crippen LogP contribution in [0.25, 0.3) is 0 Å². The second-order valence-corrected chi connectivity index (χ2v) is 8.26. The molecule has 0 radical (unpaired) electrons. The standard InChI is InChI=1S/C23H35N3O3/c1-3-4-7-14-24-23(28)25-18-12-13-19(21(16-18)29-2)22(27)26-15-8-10-17-9-5-6-11-20(17)26/h12-13,16-17,20H,3-11,14-15H2,1-2H3,(H2,24,25,28)/t17-,20-/m1/s1. The van der Waals surface area contributed by atoms with E-state index in [0.717, 1.165) is 38.6 Å². The number of ether oxygens (including phenoxy) is 1. The number of fused-ring (bicyclic) bond motifs is 1. The summed E-state index contributed by atoms with van der Waals surface area (Å²) in [5.41, 5.74) is 1.20. The maximum Gasteiger partial charge on any atom is 0.319 e. The number of likely N-dealkylation sites (tertiary alicyclic amines) is 1. The number of rotatable bonds is 7. The first-order chi connectivity index (χ1) is 14.1. The zero-order valence-corrected chi connectivity index (χ0v) is 17.8. The van der Waals surface area contributed by atoms with Crippen LogP contribution in [0.15, 0.2) is 18.2 Å². The molecule has 2 N–H and O–H groups in total. The number of carbonyl (C=O) groups is 2. The Morgan fingerprint density at radius 2 is 1.93 bits per heavy atom. The molecule has 2 atom stereocenters. The van der Waals surface area contributed by atoms with Gasteiger partial charge in [0, 0.05) is 30.9 Å². The molecule has 6 nitrogen and oxygen atoms in total. The summed E-state index contributed by atoms with van der Waals surface area (Å²) in [7, 11) is 1.57. The molecule has 1 aliphatic carbocycles. The molecule has 2 aliphatic rings. The van der Waals surface area contributed by atoms with Crippen LogP contribution in [-0.2, 0) is 0 Å². The molecule has 1 saturated carbocycles. The Hall–Kier alpha value is -2.24. The van der Waals surface area contributed by atoms with Crippen LogP contribution in [0.4, 0.5) is 10.5 Å². The maximum atomic E-state index is 13.3. The van der Waals surface area contributed by atoms with E-state index in [2.05, 4.69) is 22.5 Å². The van der Waals surface area contributed by atoms with Crippen LogP contribution >= 0.6 is 0 Å². The van der Waals surface area contributed by atoms with Crippen molar-refractivity contribution in [2.75, 3.05) is 25.5 Å². The predicted octanol–water partition coefficient (Wildman–Crippen LogP) is 4.80. The van der Waals surface area contributed by atoms with Crippen LogP contribution in [0.1, 0.15) is 75.1 Å². The number of benzene rings is 1. The van der Waals surface area contributed by atoms with E-state index in [1.54, 1.807) is 25.3 Å². The molecule has 0 aromatic heterocycles. The molecule has 6 heteroatoms. The average Bonchev–Trinajstić information content (AvgIpc) is 2.75. The number of methoxy groups -OCH3 is 1. The fourth-order valence-electron chi connectivity index (χ4n) is 4.73. The van der Waals surface area contributed by atoms with E-state index in [9.17, 15) is 9.59 Å². The number of piperidine rings is 1. The van der Waals surface area contributed by atoms with E-state index >= 15 is 0 Å². The summed E-state index contributed by atoms with van der Waals surface area (Å²) in [6.45, 7) is 3.61. The van der Waals surface area contributed by atoms with E-state index in [1.165, 1.54) is 25.7 Å². The second-order valence-electron chi connectivity index (χ2n) is 8.26. The van der Waals surface area contributed by atoms with Gasteiger partial charge < -0.3 is 20.3 Å². The number of anilines is 1. The summed E-state index contributed by atoms with van der Waals surface area (Å²) in [6.07, 6.45) is 10.3. The number of urea groups is 1. The minimum Gasteiger partial charge on any atom is -0.496 e. The van der Waals surface area contributed by atoms with Crippen molar-refractivity contribution < 1.29 is 14.3 Å². The van der Waals surface area contributed by atoms with Gasteiger partial charge in [0.05, 0.1) is 12.7 Å². The third-order valence-corrected chi connectivity index (χ3v) is 6.26. The highest BCUT2D eigenvalue weighted by Crippen LogP contribution is 2.37. The van der Waals surface area contributed by atoms with Crippen LogP contribution in [0, 0.1) is 5.92 Å². The van der Waals surface area contributed by atoms with Crippen LogP contribution in [0.5, 0.6) is 5.75 Å². The van der Waals surface area contributed by atoms with Gasteiger partial charge in [0.15, 0.2) is 0 Å². The number of carbonyl (C=O) groups excluding carboxylic acids is 2. The molecule has 0 bridgehead atoms. The molecule has 0 spiro atoms. The molecule has 1 aromatic carbocycles. The van der Waals surface area contributed by atoms with Crippen molar-refractivity contribution in [1.29, 1.82) is 0 Å². The fraction of sp³-hybridized carbons (Fsp3) is 0.652. The summed E-state index contributed by atoms with van der Waals surface area (Å²) in [5.74, 6) is 1.20. The summed E-state index contributed by atoms with van der Waals surface area (Å²) in [6, 6.07) is 5.43. The van der Waals surface area contributed by atoms with Crippen molar-refractivity contribution in [1.82, 2.24) is 10.2 Å². The Bertz CT molecular complexity index is 705. The molecule has 0 unspecified atom stereocenters. The summed E-state index contributed by atoms with van der Waals surface area (Å²) < 4.78 is 5.51. The number of hydrogen-bond acceptors (Lipinski definition) is 3. The maximum absolute atomic E-state index is 13.3. The summed E-state index contributed by atoms with van der Waals surface area (Å²) in [5, 5.41) is 5.69. The van der Waals surface area contributed by atoms with E-state index in [4.69, 9.17) is 4.74 Å². The first-order valence-electron chi connectivity index (χ1n) is 11.2. The Balaban J connectivity index is 1.66. The number of nitrogens with one attached hydrogen (secondary N) is 2. The largest absolute Gasteiger partial charge is 0.496 e. The Morgan fingerprint density at radius 1 is 1.14 bits per heavy atom. The highest BCUT2D eigenvalue weighted by molar-refractivity contribution is 5.98. The SMILES string of the molecule is CCCCCNC(=O)Nc1ccc(C(=O)N2CCC[C@H]3CCCC[C@H]32)c(OC)c1. The van der Waals surface area contributed by atoms with E-state index in [1.807, 2.05) is 0 Å². The van der Waals surface area contributed by atoms with Gasteiger partial charge in [0.25, 0.3) is 5.91 Å². The lowest BCUT2D eigenvalue weighted by atomic mass is 9.78. The summed E-state index contributed by atoms with van der Waals surface area (Å²) in [4.78, 5) is 27.4. The smallest absolute Gasteiger partial charge is 0.319 e. The van der Waals surface area contributed by atoms with E-state index < -0.39 is 0 Å². The fourth-order valence-corrected chi connectivity index (χ4v) is 4.73. The molecular weight excluding hydrogens is 366 g/mol. The quantitative estimate of drug-likeness (QED) is 0.645. The van der Waals surface area contributed by atoms with Crippen molar-refractivity contribution in [3.05, 3.63) is 23.8 Å². The van der Waals surface area contributed by atoms with Gasteiger partial charge in [-0.05, 0) is 50.2 Å². The highest BCUT2D eigenvalue weighted by atomic mass is 16.5. The van der Waals surface area contributed by atoms with Gasteiger partial charge in [-0.3, -0.25) is 4.79 Å². The topological polar surface area (TPSA) is 70.7 Å².